The van der Waals surface area contributed by atoms with E-state index in [1.807, 2.05) is 0 Å². The van der Waals surface area contributed by atoms with Gasteiger partial charge in [-0.05, 0) is 61.6 Å². The van der Waals surface area contributed by atoms with Crippen LogP contribution in [0.25, 0.3) is 0 Å². The van der Waals surface area contributed by atoms with E-state index in [1.54, 1.807) is 10.6 Å². The first-order chi connectivity index (χ1) is 17.4. The lowest BCUT2D eigenvalue weighted by Gasteiger charge is -2.36. The first-order valence-corrected chi connectivity index (χ1v) is 11.9. The summed E-state index contributed by atoms with van der Waals surface area (Å²) in [6, 6.07) is 6.39. The Kier molecular flexibility index (Phi) is 5.24. The molecule has 0 amide bonds. The molecule has 7 rings (SSSR count). The molecule has 4 heterocycles. The number of hydrogen-bond acceptors (Lipinski definition) is 5. The first-order valence-electron chi connectivity index (χ1n) is 11.5. The van der Waals surface area contributed by atoms with Crippen LogP contribution < -0.4 is 20.1 Å². The molecule has 12 heteroatoms. The molecule has 0 radical (unpaired) electrons. The number of nitrogens with zero attached hydrogens (tertiary/aromatic N) is 3. The van der Waals surface area contributed by atoms with Crippen LogP contribution in [0.2, 0.25) is 5.02 Å². The van der Waals surface area contributed by atoms with Gasteiger partial charge >= 0.3 is 11.9 Å². The monoisotopic (exact) mass is 539 g/mol. The number of alkyl halides is 3. The van der Waals surface area contributed by atoms with Gasteiger partial charge in [-0.25, -0.2) is 13.6 Å². The van der Waals surface area contributed by atoms with Crippen molar-refractivity contribution in [3.63, 3.8) is 0 Å². The average Bonchev–Trinajstić information content (AvgIpc) is 3.38. The summed E-state index contributed by atoms with van der Waals surface area (Å²) >= 11 is 5.57. The van der Waals surface area contributed by atoms with Gasteiger partial charge in [-0.3, -0.25) is 4.57 Å². The number of hydrogen-bond donors (Lipinski definition) is 0. The molecule has 1 atom stereocenters. The van der Waals surface area contributed by atoms with Crippen LogP contribution >= 0.6 is 11.6 Å². The molecule has 3 aromatic rings. The lowest BCUT2D eigenvalue weighted by Crippen LogP contribution is -2.45. The lowest BCUT2D eigenvalue weighted by atomic mass is 9.72. The molecule has 0 N–H and O–H groups in total. The maximum Gasteiger partial charge on any atom is 0.417 e. The van der Waals surface area contributed by atoms with Crippen molar-refractivity contribution in [3.8, 4) is 17.4 Å². The maximum absolute atomic E-state index is 14.7. The van der Waals surface area contributed by atoms with E-state index in [1.165, 1.54) is 0 Å². The van der Waals surface area contributed by atoms with E-state index in [-0.39, 0.29) is 23.6 Å². The van der Waals surface area contributed by atoms with E-state index in [0.29, 0.717) is 24.6 Å². The van der Waals surface area contributed by atoms with Crippen molar-refractivity contribution in [3.05, 3.63) is 74.7 Å². The standard InChI is InChI=1S/C25H19ClF5N3O3/c1-12-14-8-24(9-14)11-33-21(34(12)24)7-20(32-23(33)35)36-10-13-4-18(27)22(19(28)5-13)37-15-2-3-17(26)16(6-15)25(29,30)31/h2-7,12,14H,8-11H2,1H3. The van der Waals surface area contributed by atoms with Crippen molar-refractivity contribution < 1.29 is 31.4 Å². The fourth-order valence-electron chi connectivity index (χ4n) is 5.80. The predicted octanol–water partition coefficient (Wildman–Crippen LogP) is 5.94. The molecule has 4 aliphatic rings. The Labute approximate surface area is 212 Å². The quantitative estimate of drug-likeness (QED) is 0.376. The summed E-state index contributed by atoms with van der Waals surface area (Å²) in [6.07, 6.45) is -2.70. The van der Waals surface area contributed by atoms with Gasteiger partial charge in [0.25, 0.3) is 0 Å². The van der Waals surface area contributed by atoms with Crippen LogP contribution in [0.4, 0.5) is 27.8 Å². The van der Waals surface area contributed by atoms with E-state index in [4.69, 9.17) is 21.1 Å². The van der Waals surface area contributed by atoms with Gasteiger partial charge in [-0.15, -0.1) is 0 Å². The lowest BCUT2D eigenvalue weighted by molar-refractivity contribution is -0.137. The van der Waals surface area contributed by atoms with Crippen LogP contribution in [0.1, 0.15) is 30.9 Å². The molecule has 1 aliphatic carbocycles. The van der Waals surface area contributed by atoms with Gasteiger partial charge in [-0.2, -0.15) is 18.2 Å². The fourth-order valence-corrected chi connectivity index (χ4v) is 6.02. The van der Waals surface area contributed by atoms with Gasteiger partial charge in [-0.1, -0.05) is 11.6 Å². The minimum Gasteiger partial charge on any atom is -0.473 e. The highest BCUT2D eigenvalue weighted by molar-refractivity contribution is 6.31. The van der Waals surface area contributed by atoms with Gasteiger partial charge in [0, 0.05) is 12.1 Å². The Bertz CT molecular complexity index is 1460. The van der Waals surface area contributed by atoms with Gasteiger partial charge in [0.05, 0.1) is 22.7 Å². The number of aromatic nitrogens is 2. The van der Waals surface area contributed by atoms with Gasteiger partial charge in [0.2, 0.25) is 5.88 Å². The summed E-state index contributed by atoms with van der Waals surface area (Å²) in [7, 11) is 0. The minimum absolute atomic E-state index is 0.0339. The van der Waals surface area contributed by atoms with Crippen molar-refractivity contribution >= 4 is 17.4 Å². The van der Waals surface area contributed by atoms with Crippen LogP contribution in [0, 0.1) is 17.6 Å². The van der Waals surface area contributed by atoms with Crippen LogP contribution in [0.15, 0.2) is 41.2 Å². The molecular weight excluding hydrogens is 521 g/mol. The van der Waals surface area contributed by atoms with Crippen molar-refractivity contribution in [1.82, 2.24) is 9.55 Å². The first kappa shape index (κ1) is 24.0. The number of fused-ring (bicyclic) bond motifs is 1. The van der Waals surface area contributed by atoms with E-state index < -0.39 is 45.6 Å². The molecule has 6 nitrogen and oxygen atoms in total. The van der Waals surface area contributed by atoms with Crippen molar-refractivity contribution in [1.29, 1.82) is 0 Å². The van der Waals surface area contributed by atoms with Gasteiger partial charge in [0.1, 0.15) is 18.2 Å². The summed E-state index contributed by atoms with van der Waals surface area (Å²) in [4.78, 5) is 18.8. The van der Waals surface area contributed by atoms with E-state index in [0.717, 1.165) is 42.9 Å². The molecule has 1 spiro atoms. The molecule has 2 saturated heterocycles. The summed E-state index contributed by atoms with van der Waals surface area (Å²) in [5.41, 5.74) is -1.61. The van der Waals surface area contributed by atoms with E-state index in [9.17, 15) is 26.7 Å². The predicted molar refractivity (Wildman–Crippen MR) is 123 cm³/mol. The highest BCUT2D eigenvalue weighted by atomic mass is 35.5. The van der Waals surface area contributed by atoms with E-state index in [2.05, 4.69) is 16.8 Å². The molecule has 1 aromatic heterocycles. The third-order valence-electron chi connectivity index (χ3n) is 7.46. The second kappa shape index (κ2) is 8.08. The van der Waals surface area contributed by atoms with Crippen molar-refractivity contribution in [2.75, 3.05) is 4.90 Å². The number of rotatable bonds is 5. The van der Waals surface area contributed by atoms with Crippen molar-refractivity contribution in [2.24, 2.45) is 5.92 Å². The number of benzene rings is 2. The molecule has 2 aromatic carbocycles. The SMILES string of the molecule is CC1C2CC3(C2)Cn2c(cc(OCc4cc(F)c(Oc5ccc(Cl)c(C(F)(F)F)c5)c(F)c4)nc2=O)N13. The zero-order chi connectivity index (χ0) is 26.3. The second-order valence-corrected chi connectivity index (χ2v) is 10.2. The third kappa shape index (κ3) is 3.82. The molecule has 1 unspecified atom stereocenters. The molecular formula is C25H19ClF5N3O3. The Morgan fingerprint density at radius 2 is 1.84 bits per heavy atom. The molecule has 2 bridgehead atoms. The number of halogens is 6. The average molecular weight is 540 g/mol. The normalized spacial score (nSPS) is 23.5. The van der Waals surface area contributed by atoms with E-state index >= 15 is 0 Å². The highest BCUT2D eigenvalue weighted by Crippen LogP contribution is 2.59. The molecule has 37 heavy (non-hydrogen) atoms. The Morgan fingerprint density at radius 3 is 2.51 bits per heavy atom. The smallest absolute Gasteiger partial charge is 0.417 e. The molecule has 3 fully saturated rings. The molecule has 3 aliphatic heterocycles. The molecule has 194 valence electrons. The Morgan fingerprint density at radius 1 is 1.14 bits per heavy atom. The third-order valence-corrected chi connectivity index (χ3v) is 7.79. The number of anilines is 1. The largest absolute Gasteiger partial charge is 0.473 e. The fraction of sp³-hybridized carbons (Fsp3) is 0.360. The summed E-state index contributed by atoms with van der Waals surface area (Å²) in [5.74, 6) is -2.24. The second-order valence-electron chi connectivity index (χ2n) is 9.74. The van der Waals surface area contributed by atoms with Gasteiger partial charge in [0.15, 0.2) is 17.4 Å². The number of ether oxygens (including phenoxy) is 2. The Hall–Kier alpha value is -3.34. The zero-order valence-electron chi connectivity index (χ0n) is 19.3. The zero-order valence-corrected chi connectivity index (χ0v) is 20.0. The van der Waals surface area contributed by atoms with Crippen LogP contribution in [0.3, 0.4) is 0 Å². The van der Waals surface area contributed by atoms with Gasteiger partial charge < -0.3 is 14.4 Å². The highest BCUT2D eigenvalue weighted by Gasteiger charge is 2.63. The maximum atomic E-state index is 14.7. The van der Waals surface area contributed by atoms with Crippen molar-refractivity contribution in [2.45, 2.75) is 50.7 Å². The van der Waals surface area contributed by atoms with Crippen LogP contribution in [-0.4, -0.2) is 21.1 Å². The summed E-state index contributed by atoms with van der Waals surface area (Å²) in [5, 5.41) is -0.570. The Balaban J connectivity index is 1.20. The van der Waals surface area contributed by atoms with Crippen LogP contribution in [-0.2, 0) is 19.3 Å². The minimum atomic E-state index is -4.77. The summed E-state index contributed by atoms with van der Waals surface area (Å²) in [6.45, 7) is 2.42. The topological polar surface area (TPSA) is 56.6 Å². The molecule has 1 saturated carbocycles. The van der Waals surface area contributed by atoms with Crippen LogP contribution in [0.5, 0.6) is 17.4 Å². The summed E-state index contributed by atoms with van der Waals surface area (Å²) < 4.78 is 80.9.